The van der Waals surface area contributed by atoms with E-state index in [-0.39, 0.29) is 29.4 Å². The van der Waals surface area contributed by atoms with Crippen molar-refractivity contribution in [1.29, 1.82) is 0 Å². The van der Waals surface area contributed by atoms with E-state index in [9.17, 15) is 0 Å². The fourth-order valence-electron chi connectivity index (χ4n) is 3.47. The van der Waals surface area contributed by atoms with Crippen molar-refractivity contribution < 1.29 is 9.47 Å². The van der Waals surface area contributed by atoms with Crippen molar-refractivity contribution in [2.75, 3.05) is 27.3 Å². The van der Waals surface area contributed by atoms with Gasteiger partial charge in [0.25, 0.3) is 0 Å². The summed E-state index contributed by atoms with van der Waals surface area (Å²) in [5, 5.41) is 3.11. The summed E-state index contributed by atoms with van der Waals surface area (Å²) in [5.74, 6) is 2.00. The molecular weight excluding hydrogens is 441 g/mol. The summed E-state index contributed by atoms with van der Waals surface area (Å²) < 4.78 is 10.9. The highest BCUT2D eigenvalue weighted by molar-refractivity contribution is 14.0. The summed E-state index contributed by atoms with van der Waals surface area (Å²) in [6, 6.07) is 6.22. The number of nitrogens with zero attached hydrogens (tertiary/aromatic N) is 1. The van der Waals surface area contributed by atoms with E-state index >= 15 is 0 Å². The van der Waals surface area contributed by atoms with Crippen LogP contribution in [0.1, 0.15) is 44.6 Å². The predicted octanol–water partition coefficient (Wildman–Crippen LogP) is 4.00. The molecule has 146 valence electrons. The average Bonchev–Trinajstić information content (AvgIpc) is 2.64. The van der Waals surface area contributed by atoms with Gasteiger partial charge in [0.1, 0.15) is 0 Å². The zero-order valence-electron chi connectivity index (χ0n) is 16.1. The maximum absolute atomic E-state index is 6.03. The quantitative estimate of drug-likeness (QED) is 0.272. The van der Waals surface area contributed by atoms with Crippen molar-refractivity contribution >= 4 is 29.9 Å². The highest BCUT2D eigenvalue weighted by Gasteiger charge is 2.34. The summed E-state index contributed by atoms with van der Waals surface area (Å²) >= 11 is 0. The Morgan fingerprint density at radius 1 is 1.19 bits per heavy atom. The summed E-state index contributed by atoms with van der Waals surface area (Å²) in [6.45, 7) is 7.17. The molecule has 0 bridgehead atoms. The van der Waals surface area contributed by atoms with E-state index in [1.165, 1.54) is 24.8 Å². The first kappa shape index (κ1) is 22.6. The third kappa shape index (κ3) is 5.79. The minimum absolute atomic E-state index is 0. The number of nitrogens with two attached hydrogens (primary N) is 1. The highest BCUT2D eigenvalue weighted by atomic mass is 127. The van der Waals surface area contributed by atoms with Crippen LogP contribution >= 0.6 is 24.0 Å². The second-order valence-corrected chi connectivity index (χ2v) is 6.92. The van der Waals surface area contributed by atoms with Crippen molar-refractivity contribution in [3.05, 3.63) is 35.9 Å². The van der Waals surface area contributed by atoms with Crippen molar-refractivity contribution in [2.24, 2.45) is 10.7 Å². The zero-order chi connectivity index (χ0) is 18.3. The van der Waals surface area contributed by atoms with Gasteiger partial charge in [0.2, 0.25) is 0 Å². The number of methoxy groups -OCH3 is 2. The second-order valence-electron chi connectivity index (χ2n) is 6.92. The largest absolute Gasteiger partial charge is 0.493 e. The van der Waals surface area contributed by atoms with Gasteiger partial charge in [-0.2, -0.15) is 0 Å². The van der Waals surface area contributed by atoms with Gasteiger partial charge >= 0.3 is 0 Å². The Labute approximate surface area is 174 Å². The lowest BCUT2D eigenvalue weighted by Crippen LogP contribution is -2.37. The SMILES string of the molecule is C=C(C)CNC(N)=NCC1(c2ccc(OC)c(OC)c2)CCCCC1.I. The lowest BCUT2D eigenvalue weighted by Gasteiger charge is -2.37. The van der Waals surface area contributed by atoms with Crippen molar-refractivity contribution in [1.82, 2.24) is 5.32 Å². The van der Waals surface area contributed by atoms with Crippen LogP contribution in [-0.4, -0.2) is 33.3 Å². The number of hydrogen-bond acceptors (Lipinski definition) is 3. The molecule has 0 amide bonds. The van der Waals surface area contributed by atoms with Crippen LogP contribution in [-0.2, 0) is 5.41 Å². The van der Waals surface area contributed by atoms with Gasteiger partial charge < -0.3 is 20.5 Å². The van der Waals surface area contributed by atoms with E-state index in [1.807, 2.05) is 13.0 Å². The Morgan fingerprint density at radius 3 is 2.42 bits per heavy atom. The van der Waals surface area contributed by atoms with Crippen LogP contribution in [0.15, 0.2) is 35.3 Å². The molecule has 0 saturated heterocycles. The van der Waals surface area contributed by atoms with E-state index < -0.39 is 0 Å². The van der Waals surface area contributed by atoms with E-state index in [4.69, 9.17) is 15.2 Å². The average molecular weight is 473 g/mol. The fraction of sp³-hybridized carbons (Fsp3) is 0.550. The number of ether oxygens (including phenoxy) is 2. The van der Waals surface area contributed by atoms with Crippen LogP contribution in [0.5, 0.6) is 11.5 Å². The minimum atomic E-state index is 0. The molecule has 2 rings (SSSR count). The van der Waals surface area contributed by atoms with Crippen LogP contribution in [0, 0.1) is 0 Å². The number of hydrogen-bond donors (Lipinski definition) is 2. The molecule has 26 heavy (non-hydrogen) atoms. The number of guanidine groups is 1. The van der Waals surface area contributed by atoms with E-state index in [0.29, 0.717) is 19.0 Å². The summed E-state index contributed by atoms with van der Waals surface area (Å²) in [5.41, 5.74) is 8.32. The Bertz CT molecular complexity index is 625. The molecule has 1 fully saturated rings. The molecule has 0 radical (unpaired) electrons. The molecule has 0 spiro atoms. The molecule has 1 aliphatic rings. The van der Waals surface area contributed by atoms with Gasteiger partial charge in [-0.3, -0.25) is 4.99 Å². The molecule has 1 aromatic rings. The maximum Gasteiger partial charge on any atom is 0.188 e. The Balaban J connectivity index is 0.00000338. The molecule has 1 saturated carbocycles. The van der Waals surface area contributed by atoms with Gasteiger partial charge in [0, 0.05) is 12.0 Å². The van der Waals surface area contributed by atoms with E-state index in [1.54, 1.807) is 14.2 Å². The first-order chi connectivity index (χ1) is 12.0. The first-order valence-corrected chi connectivity index (χ1v) is 8.91. The van der Waals surface area contributed by atoms with Crippen molar-refractivity contribution in [2.45, 2.75) is 44.4 Å². The zero-order valence-corrected chi connectivity index (χ0v) is 18.5. The molecule has 6 heteroatoms. The normalized spacial score (nSPS) is 16.3. The molecule has 0 heterocycles. The molecule has 3 N–H and O–H groups in total. The Hall–Kier alpha value is -1.44. The molecule has 0 aromatic heterocycles. The number of benzene rings is 1. The second kappa shape index (κ2) is 10.6. The van der Waals surface area contributed by atoms with Gasteiger partial charge in [0.15, 0.2) is 17.5 Å². The Morgan fingerprint density at radius 2 is 1.85 bits per heavy atom. The van der Waals surface area contributed by atoms with Gasteiger partial charge in [-0.1, -0.05) is 37.5 Å². The molecule has 0 unspecified atom stereocenters. The number of halogens is 1. The molecule has 0 aliphatic heterocycles. The van der Waals surface area contributed by atoms with Crippen LogP contribution in [0.3, 0.4) is 0 Å². The van der Waals surface area contributed by atoms with Crippen molar-refractivity contribution in [3.63, 3.8) is 0 Å². The molecule has 0 atom stereocenters. The van der Waals surface area contributed by atoms with Gasteiger partial charge in [0.05, 0.1) is 20.8 Å². The maximum atomic E-state index is 6.03. The Kier molecular flexibility index (Phi) is 9.25. The number of nitrogens with one attached hydrogen (secondary N) is 1. The lowest BCUT2D eigenvalue weighted by atomic mass is 9.69. The monoisotopic (exact) mass is 473 g/mol. The van der Waals surface area contributed by atoms with Gasteiger partial charge in [-0.25, -0.2) is 0 Å². The smallest absolute Gasteiger partial charge is 0.188 e. The fourth-order valence-corrected chi connectivity index (χ4v) is 3.47. The molecule has 5 nitrogen and oxygen atoms in total. The van der Waals surface area contributed by atoms with Crippen molar-refractivity contribution in [3.8, 4) is 11.5 Å². The minimum Gasteiger partial charge on any atom is -0.493 e. The van der Waals surface area contributed by atoms with Crippen LogP contribution in [0.2, 0.25) is 0 Å². The first-order valence-electron chi connectivity index (χ1n) is 8.91. The summed E-state index contributed by atoms with van der Waals surface area (Å²) in [4.78, 5) is 4.64. The van der Waals surface area contributed by atoms with Gasteiger partial charge in [-0.05, 0) is 37.5 Å². The van der Waals surface area contributed by atoms with Crippen LogP contribution < -0.4 is 20.5 Å². The van der Waals surface area contributed by atoms with Gasteiger partial charge in [-0.15, -0.1) is 24.0 Å². The highest BCUT2D eigenvalue weighted by Crippen LogP contribution is 2.42. The predicted molar refractivity (Wildman–Crippen MR) is 119 cm³/mol. The van der Waals surface area contributed by atoms with Crippen LogP contribution in [0.25, 0.3) is 0 Å². The number of aliphatic imine (C=N–C) groups is 1. The standard InChI is InChI=1S/C20H31N3O2.HI/c1-15(2)13-22-19(21)23-14-20(10-6-5-7-11-20)16-8-9-17(24-3)18(12-16)25-4;/h8-9,12H,1,5-7,10-11,13-14H2,2-4H3,(H3,21,22,23);1H. The van der Waals surface area contributed by atoms with E-state index in [0.717, 1.165) is 29.9 Å². The molecule has 1 aliphatic carbocycles. The third-order valence-electron chi connectivity index (χ3n) is 4.93. The van der Waals surface area contributed by atoms with Crippen LogP contribution in [0.4, 0.5) is 0 Å². The number of rotatable bonds is 7. The lowest BCUT2D eigenvalue weighted by molar-refractivity contribution is 0.298. The third-order valence-corrected chi connectivity index (χ3v) is 4.93. The summed E-state index contributed by atoms with van der Waals surface area (Å²) in [6.07, 6.45) is 5.92. The summed E-state index contributed by atoms with van der Waals surface area (Å²) in [7, 11) is 3.33. The topological polar surface area (TPSA) is 68.9 Å². The van der Waals surface area contributed by atoms with E-state index in [2.05, 4.69) is 29.0 Å². The molecular formula is C20H32IN3O2. The molecule has 1 aromatic carbocycles.